The molecule has 0 amide bonds. The van der Waals surface area contributed by atoms with Crippen molar-refractivity contribution >= 4 is 17.9 Å². The Morgan fingerprint density at radius 1 is 0.260 bits per heavy atom. The van der Waals surface area contributed by atoms with Crippen LogP contribution in [0, 0.1) is 0 Å². The van der Waals surface area contributed by atoms with Gasteiger partial charge in [0.1, 0.15) is 13.2 Å². The first-order valence-electron chi connectivity index (χ1n) is 34.5. The summed E-state index contributed by atoms with van der Waals surface area (Å²) in [6.07, 6.45) is 81.5. The van der Waals surface area contributed by atoms with Crippen LogP contribution in [0.3, 0.4) is 0 Å². The third-order valence-corrected chi connectivity index (χ3v) is 15.6. The second-order valence-electron chi connectivity index (χ2n) is 23.4. The Morgan fingerprint density at radius 2 is 0.468 bits per heavy atom. The van der Waals surface area contributed by atoms with E-state index in [4.69, 9.17) is 14.2 Å². The molecular formula is C71H132O6. The number of carbonyl (C=O) groups is 3. The molecule has 6 nitrogen and oxygen atoms in total. The van der Waals surface area contributed by atoms with E-state index >= 15 is 0 Å². The van der Waals surface area contributed by atoms with Gasteiger partial charge in [-0.25, -0.2) is 0 Å². The molecular weight excluding hydrogens is 949 g/mol. The number of esters is 3. The van der Waals surface area contributed by atoms with Crippen LogP contribution in [0.5, 0.6) is 0 Å². The SMILES string of the molecule is CCCCCCC/C=C\C/C=C\CCCCCCCCCCCC(=O)OCC(COC(=O)CCCCCCCCCCCCCCCCCCC)OC(=O)CCCCCCCCCCC/C=C\CCCCCCCCCC. The average molecular weight is 1080 g/mol. The number of rotatable bonds is 64. The molecule has 1 atom stereocenters. The van der Waals surface area contributed by atoms with Crippen molar-refractivity contribution in [2.24, 2.45) is 0 Å². The number of hydrogen-bond acceptors (Lipinski definition) is 6. The molecule has 1 unspecified atom stereocenters. The highest BCUT2D eigenvalue weighted by Gasteiger charge is 2.19. The molecule has 0 aromatic heterocycles. The van der Waals surface area contributed by atoms with E-state index in [9.17, 15) is 14.4 Å². The fraction of sp³-hybridized carbons (Fsp3) is 0.873. The summed E-state index contributed by atoms with van der Waals surface area (Å²) in [6.45, 7) is 6.70. The minimum Gasteiger partial charge on any atom is -0.462 e. The monoisotopic (exact) mass is 1080 g/mol. The highest BCUT2D eigenvalue weighted by atomic mass is 16.6. The molecule has 0 spiro atoms. The third kappa shape index (κ3) is 64.3. The van der Waals surface area contributed by atoms with Crippen molar-refractivity contribution in [3.05, 3.63) is 36.5 Å². The van der Waals surface area contributed by atoms with Crippen LogP contribution in [0.25, 0.3) is 0 Å². The van der Waals surface area contributed by atoms with Crippen molar-refractivity contribution in [2.45, 2.75) is 386 Å². The van der Waals surface area contributed by atoms with Gasteiger partial charge >= 0.3 is 17.9 Å². The van der Waals surface area contributed by atoms with E-state index in [1.165, 1.54) is 276 Å². The van der Waals surface area contributed by atoms with Gasteiger partial charge in [0.2, 0.25) is 0 Å². The quantitative estimate of drug-likeness (QED) is 0.0261. The summed E-state index contributed by atoms with van der Waals surface area (Å²) in [6, 6.07) is 0. The summed E-state index contributed by atoms with van der Waals surface area (Å²) in [5, 5.41) is 0. The summed E-state index contributed by atoms with van der Waals surface area (Å²) in [7, 11) is 0. The van der Waals surface area contributed by atoms with Gasteiger partial charge in [0.05, 0.1) is 0 Å². The van der Waals surface area contributed by atoms with E-state index in [1.54, 1.807) is 0 Å². The molecule has 77 heavy (non-hydrogen) atoms. The summed E-state index contributed by atoms with van der Waals surface area (Å²) in [5.41, 5.74) is 0. The van der Waals surface area contributed by atoms with Crippen LogP contribution >= 0.6 is 0 Å². The first-order chi connectivity index (χ1) is 38.0. The van der Waals surface area contributed by atoms with Crippen LogP contribution in [0.15, 0.2) is 36.5 Å². The number of carbonyl (C=O) groups excluding carboxylic acids is 3. The van der Waals surface area contributed by atoms with Crippen LogP contribution in [0.2, 0.25) is 0 Å². The zero-order chi connectivity index (χ0) is 55.7. The van der Waals surface area contributed by atoms with Crippen molar-refractivity contribution in [2.75, 3.05) is 13.2 Å². The van der Waals surface area contributed by atoms with Crippen molar-refractivity contribution in [1.29, 1.82) is 0 Å². The van der Waals surface area contributed by atoms with Gasteiger partial charge in [-0.2, -0.15) is 0 Å². The zero-order valence-electron chi connectivity index (χ0n) is 52.0. The molecule has 0 aliphatic carbocycles. The van der Waals surface area contributed by atoms with Crippen LogP contribution in [-0.4, -0.2) is 37.2 Å². The Bertz CT molecular complexity index is 1290. The van der Waals surface area contributed by atoms with E-state index in [-0.39, 0.29) is 31.1 Å². The first kappa shape index (κ1) is 74.6. The standard InChI is InChI=1S/C71H132O6/c1-4-7-10-13-16-19-22-25-28-31-33-35-37-40-43-46-49-52-55-58-61-64-70(73)76-67-68(66-75-69(72)63-60-57-54-51-48-45-42-39-30-27-24-21-18-15-12-9-6-3)77-71(74)65-62-59-56-53-50-47-44-41-38-36-34-32-29-26-23-20-17-14-11-8-5-2/h22,25,31-34,68H,4-21,23-24,26-30,35-67H2,1-3H3/b25-22-,33-31-,34-32-. The van der Waals surface area contributed by atoms with Gasteiger partial charge in [-0.15, -0.1) is 0 Å². The molecule has 452 valence electrons. The van der Waals surface area contributed by atoms with Crippen LogP contribution in [0.4, 0.5) is 0 Å². The molecule has 0 N–H and O–H groups in total. The van der Waals surface area contributed by atoms with Gasteiger partial charge in [-0.3, -0.25) is 14.4 Å². The fourth-order valence-corrected chi connectivity index (χ4v) is 10.4. The molecule has 6 heteroatoms. The maximum absolute atomic E-state index is 13.0. The van der Waals surface area contributed by atoms with Crippen LogP contribution in [0.1, 0.15) is 380 Å². The molecule has 0 aromatic rings. The van der Waals surface area contributed by atoms with E-state index < -0.39 is 6.10 Å². The lowest BCUT2D eigenvalue weighted by atomic mass is 10.0. The number of ether oxygens (including phenoxy) is 3. The maximum atomic E-state index is 13.0. The molecule has 0 aliphatic rings. The Labute approximate surface area is 480 Å². The molecule has 0 bridgehead atoms. The van der Waals surface area contributed by atoms with Gasteiger partial charge in [0.25, 0.3) is 0 Å². The first-order valence-corrected chi connectivity index (χ1v) is 34.5. The van der Waals surface area contributed by atoms with Gasteiger partial charge in [0.15, 0.2) is 6.10 Å². The Morgan fingerprint density at radius 3 is 0.727 bits per heavy atom. The third-order valence-electron chi connectivity index (χ3n) is 15.6. The lowest BCUT2D eigenvalue weighted by Gasteiger charge is -2.18. The summed E-state index contributed by atoms with van der Waals surface area (Å²) in [5.74, 6) is -0.847. The van der Waals surface area contributed by atoms with Crippen molar-refractivity contribution in [1.82, 2.24) is 0 Å². The Kier molecular flexibility index (Phi) is 64.1. The second-order valence-corrected chi connectivity index (χ2v) is 23.4. The van der Waals surface area contributed by atoms with Gasteiger partial charge in [-0.05, 0) is 77.0 Å². The zero-order valence-corrected chi connectivity index (χ0v) is 52.0. The van der Waals surface area contributed by atoms with Gasteiger partial charge in [-0.1, -0.05) is 320 Å². The van der Waals surface area contributed by atoms with E-state index in [0.29, 0.717) is 19.3 Å². The molecule has 0 radical (unpaired) electrons. The van der Waals surface area contributed by atoms with Crippen molar-refractivity contribution < 1.29 is 28.6 Å². The predicted octanol–water partition coefficient (Wildman–Crippen LogP) is 23.6. The topological polar surface area (TPSA) is 78.9 Å². The van der Waals surface area contributed by atoms with Crippen molar-refractivity contribution in [3.63, 3.8) is 0 Å². The van der Waals surface area contributed by atoms with Gasteiger partial charge in [0, 0.05) is 19.3 Å². The summed E-state index contributed by atoms with van der Waals surface area (Å²) >= 11 is 0. The summed E-state index contributed by atoms with van der Waals surface area (Å²) < 4.78 is 17.0. The molecule has 0 saturated carbocycles. The highest BCUT2D eigenvalue weighted by molar-refractivity contribution is 5.71. The molecule has 0 heterocycles. The summed E-state index contributed by atoms with van der Waals surface area (Å²) in [4.78, 5) is 38.4. The largest absolute Gasteiger partial charge is 0.462 e. The van der Waals surface area contributed by atoms with E-state index in [1.807, 2.05) is 0 Å². The van der Waals surface area contributed by atoms with E-state index in [2.05, 4.69) is 57.2 Å². The van der Waals surface area contributed by atoms with Crippen molar-refractivity contribution in [3.8, 4) is 0 Å². The fourth-order valence-electron chi connectivity index (χ4n) is 10.4. The number of unbranched alkanes of at least 4 members (excludes halogenated alkanes) is 47. The average Bonchev–Trinajstić information content (AvgIpc) is 3.43. The lowest BCUT2D eigenvalue weighted by molar-refractivity contribution is -0.167. The molecule has 0 aromatic carbocycles. The molecule has 0 fully saturated rings. The molecule has 0 saturated heterocycles. The lowest BCUT2D eigenvalue weighted by Crippen LogP contribution is -2.30. The van der Waals surface area contributed by atoms with Gasteiger partial charge < -0.3 is 14.2 Å². The number of allylic oxidation sites excluding steroid dienone is 6. The van der Waals surface area contributed by atoms with Crippen LogP contribution in [-0.2, 0) is 28.6 Å². The van der Waals surface area contributed by atoms with E-state index in [0.717, 1.165) is 64.2 Å². The highest BCUT2D eigenvalue weighted by Crippen LogP contribution is 2.18. The Hall–Kier alpha value is -2.37. The predicted molar refractivity (Wildman–Crippen MR) is 335 cm³/mol. The maximum Gasteiger partial charge on any atom is 0.306 e. The normalized spacial score (nSPS) is 12.2. The van der Waals surface area contributed by atoms with Crippen LogP contribution < -0.4 is 0 Å². The smallest absolute Gasteiger partial charge is 0.306 e. The number of hydrogen-bond donors (Lipinski definition) is 0. The molecule has 0 aliphatic heterocycles. The molecule has 0 rings (SSSR count). The minimum absolute atomic E-state index is 0.0694. The second kappa shape index (κ2) is 66.1. The minimum atomic E-state index is -0.774. The Balaban J connectivity index is 4.33.